The zero-order chi connectivity index (χ0) is 25.3. The first-order chi connectivity index (χ1) is 15.1. The van der Waals surface area contributed by atoms with Gasteiger partial charge in [-0.05, 0) is 18.2 Å². The molecule has 0 spiro atoms. The number of anilines is 1. The molecule has 180 valence electrons. The number of benzene rings is 2. The normalized spacial score (nSPS) is 12.0. The maximum absolute atomic E-state index is 14.3. The van der Waals surface area contributed by atoms with E-state index in [1.165, 1.54) is 5.32 Å². The number of halogens is 11. The van der Waals surface area contributed by atoms with Crippen LogP contribution < -0.4 is 15.4 Å². The standard InChI is InChI=1S/C17H7Cl2F9N2O3/c18-5-4-8(29-15(32)30-13(31)9-6(20)2-1-3-7(9)21)11(22)10(19)12(5)33-17(27,28)16(25,26)14(23)24/h1-4,14H,(H2,29,30,31,32). The van der Waals surface area contributed by atoms with Crippen LogP contribution in [0.15, 0.2) is 24.3 Å². The van der Waals surface area contributed by atoms with Crippen molar-refractivity contribution in [3.05, 3.63) is 57.3 Å². The lowest BCUT2D eigenvalue weighted by molar-refractivity contribution is -0.342. The number of carbonyl (C=O) groups is 2. The van der Waals surface area contributed by atoms with Crippen LogP contribution in [0, 0.1) is 17.5 Å². The molecule has 2 aromatic rings. The Morgan fingerprint density at radius 1 is 1.00 bits per heavy atom. The number of hydrogen-bond acceptors (Lipinski definition) is 3. The van der Waals surface area contributed by atoms with Gasteiger partial charge in [-0.3, -0.25) is 10.1 Å². The molecule has 0 aromatic heterocycles. The van der Waals surface area contributed by atoms with Crippen LogP contribution in [0.5, 0.6) is 5.75 Å². The maximum Gasteiger partial charge on any atom is 0.470 e. The minimum Gasteiger partial charge on any atom is -0.425 e. The van der Waals surface area contributed by atoms with E-state index in [4.69, 9.17) is 23.2 Å². The van der Waals surface area contributed by atoms with Gasteiger partial charge in [0.1, 0.15) is 22.2 Å². The van der Waals surface area contributed by atoms with E-state index in [9.17, 15) is 49.1 Å². The third-order valence-electron chi connectivity index (χ3n) is 3.67. The lowest BCUT2D eigenvalue weighted by atomic mass is 10.2. The van der Waals surface area contributed by atoms with Crippen molar-refractivity contribution in [2.75, 3.05) is 5.32 Å². The van der Waals surface area contributed by atoms with Crippen molar-refractivity contribution in [3.8, 4) is 5.75 Å². The van der Waals surface area contributed by atoms with Crippen molar-refractivity contribution in [2.24, 2.45) is 0 Å². The smallest absolute Gasteiger partial charge is 0.425 e. The van der Waals surface area contributed by atoms with Gasteiger partial charge in [-0.1, -0.05) is 29.3 Å². The molecule has 0 heterocycles. The van der Waals surface area contributed by atoms with Gasteiger partial charge < -0.3 is 10.1 Å². The summed E-state index contributed by atoms with van der Waals surface area (Å²) in [5, 5.41) is 0.342. The van der Waals surface area contributed by atoms with Crippen LogP contribution >= 0.6 is 23.2 Å². The number of hydrogen-bond donors (Lipinski definition) is 2. The first kappa shape index (κ1) is 26.4. The number of carbonyl (C=O) groups excluding carboxylic acids is 2. The van der Waals surface area contributed by atoms with Crippen LogP contribution in [-0.4, -0.2) is 30.4 Å². The molecule has 2 rings (SSSR count). The van der Waals surface area contributed by atoms with Gasteiger partial charge in [-0.2, -0.15) is 17.6 Å². The third kappa shape index (κ3) is 5.38. The van der Waals surface area contributed by atoms with E-state index in [0.29, 0.717) is 18.2 Å². The second kappa shape index (κ2) is 9.55. The fourth-order valence-electron chi connectivity index (χ4n) is 2.12. The van der Waals surface area contributed by atoms with Gasteiger partial charge in [-0.25, -0.2) is 26.7 Å². The summed E-state index contributed by atoms with van der Waals surface area (Å²) >= 11 is 10.9. The minimum absolute atomic E-state index is 0.294. The van der Waals surface area contributed by atoms with Crippen LogP contribution in [-0.2, 0) is 0 Å². The van der Waals surface area contributed by atoms with Gasteiger partial charge in [0.15, 0.2) is 11.6 Å². The van der Waals surface area contributed by atoms with Crippen LogP contribution in [0.4, 0.5) is 50.0 Å². The summed E-state index contributed by atoms with van der Waals surface area (Å²) in [7, 11) is 0. The molecular weight excluding hydrogens is 522 g/mol. The fourth-order valence-corrected chi connectivity index (χ4v) is 2.65. The summed E-state index contributed by atoms with van der Waals surface area (Å²) in [6, 6.07) is 0.993. The van der Waals surface area contributed by atoms with E-state index in [1.54, 1.807) is 5.32 Å². The molecule has 2 N–H and O–H groups in total. The first-order valence-electron chi connectivity index (χ1n) is 8.06. The molecule has 0 aliphatic heterocycles. The highest BCUT2D eigenvalue weighted by molar-refractivity contribution is 6.37. The zero-order valence-electron chi connectivity index (χ0n) is 15.3. The quantitative estimate of drug-likeness (QED) is 0.344. The molecule has 16 heteroatoms. The third-order valence-corrected chi connectivity index (χ3v) is 4.29. The average molecular weight is 529 g/mol. The van der Waals surface area contributed by atoms with Crippen LogP contribution in [0.3, 0.4) is 0 Å². The monoisotopic (exact) mass is 528 g/mol. The molecular formula is C17H7Cl2F9N2O3. The molecule has 3 amide bonds. The van der Waals surface area contributed by atoms with Crippen molar-refractivity contribution >= 4 is 40.8 Å². The Kier molecular flexibility index (Phi) is 7.63. The molecule has 0 aliphatic rings. The zero-order valence-corrected chi connectivity index (χ0v) is 16.8. The Balaban J connectivity index is 2.27. The van der Waals surface area contributed by atoms with Crippen molar-refractivity contribution in [1.82, 2.24) is 5.32 Å². The summed E-state index contributed by atoms with van der Waals surface area (Å²) in [6.45, 7) is 0. The molecule has 0 unspecified atom stereocenters. The number of imide groups is 1. The summed E-state index contributed by atoms with van der Waals surface area (Å²) in [4.78, 5) is 23.7. The van der Waals surface area contributed by atoms with E-state index in [0.717, 1.165) is 6.07 Å². The second-order valence-corrected chi connectivity index (χ2v) is 6.70. The maximum atomic E-state index is 14.3. The number of rotatable bonds is 6. The Labute approximate surface area is 187 Å². The van der Waals surface area contributed by atoms with Crippen molar-refractivity contribution < 1.29 is 53.8 Å². The predicted molar refractivity (Wildman–Crippen MR) is 95.8 cm³/mol. The molecule has 0 bridgehead atoms. The van der Waals surface area contributed by atoms with Crippen molar-refractivity contribution in [2.45, 2.75) is 18.5 Å². The highest BCUT2D eigenvalue weighted by Gasteiger charge is 2.66. The highest BCUT2D eigenvalue weighted by Crippen LogP contribution is 2.46. The summed E-state index contributed by atoms with van der Waals surface area (Å²) < 4.78 is 122. The number of alkyl halides is 6. The van der Waals surface area contributed by atoms with Crippen LogP contribution in [0.2, 0.25) is 10.0 Å². The molecule has 2 aromatic carbocycles. The average Bonchev–Trinajstić information content (AvgIpc) is 2.68. The first-order valence-corrected chi connectivity index (χ1v) is 8.82. The van der Waals surface area contributed by atoms with E-state index < -0.39 is 74.9 Å². The van der Waals surface area contributed by atoms with Crippen LogP contribution in [0.25, 0.3) is 0 Å². The summed E-state index contributed by atoms with van der Waals surface area (Å²) in [5.41, 5.74) is -2.21. The van der Waals surface area contributed by atoms with Crippen molar-refractivity contribution in [3.63, 3.8) is 0 Å². The lowest BCUT2D eigenvalue weighted by Crippen LogP contribution is -2.50. The SMILES string of the molecule is O=C(NC(=O)c1c(F)cccc1F)Nc1cc(Cl)c(OC(F)(F)C(F)(F)C(F)F)c(Cl)c1F. The summed E-state index contributed by atoms with van der Waals surface area (Å²) in [5.74, 6) is -13.8. The van der Waals surface area contributed by atoms with Gasteiger partial charge in [0.25, 0.3) is 5.91 Å². The molecule has 0 saturated carbocycles. The largest absolute Gasteiger partial charge is 0.470 e. The van der Waals surface area contributed by atoms with Gasteiger partial charge in [0, 0.05) is 0 Å². The molecule has 5 nitrogen and oxygen atoms in total. The molecule has 0 saturated heterocycles. The highest BCUT2D eigenvalue weighted by atomic mass is 35.5. The van der Waals surface area contributed by atoms with Gasteiger partial charge in [-0.15, -0.1) is 0 Å². The Hall–Kier alpha value is -2.87. The van der Waals surface area contributed by atoms with E-state index in [-0.39, 0.29) is 0 Å². The Morgan fingerprint density at radius 3 is 2.06 bits per heavy atom. The second-order valence-electron chi connectivity index (χ2n) is 5.91. The molecule has 33 heavy (non-hydrogen) atoms. The number of amides is 3. The van der Waals surface area contributed by atoms with Gasteiger partial charge in [0.05, 0.1) is 10.7 Å². The molecule has 0 fully saturated rings. The van der Waals surface area contributed by atoms with Crippen molar-refractivity contribution in [1.29, 1.82) is 0 Å². The van der Waals surface area contributed by atoms with Gasteiger partial charge >= 0.3 is 24.5 Å². The lowest BCUT2D eigenvalue weighted by Gasteiger charge is -2.26. The summed E-state index contributed by atoms with van der Waals surface area (Å²) in [6.07, 6.45) is -10.8. The number of nitrogens with one attached hydrogen (secondary N) is 2. The van der Waals surface area contributed by atoms with Crippen LogP contribution in [0.1, 0.15) is 10.4 Å². The molecule has 0 aliphatic carbocycles. The molecule has 0 atom stereocenters. The predicted octanol–water partition coefficient (Wildman–Crippen LogP) is 6.24. The van der Waals surface area contributed by atoms with E-state index in [1.807, 2.05) is 0 Å². The number of urea groups is 1. The Bertz CT molecular complexity index is 1080. The Morgan fingerprint density at radius 2 is 1.55 bits per heavy atom. The molecule has 0 radical (unpaired) electrons. The minimum atomic E-state index is -6.02. The van der Waals surface area contributed by atoms with E-state index >= 15 is 0 Å². The topological polar surface area (TPSA) is 67.4 Å². The fraction of sp³-hybridized carbons (Fsp3) is 0.176. The number of ether oxygens (including phenoxy) is 1. The van der Waals surface area contributed by atoms with Gasteiger partial charge in [0.2, 0.25) is 0 Å². The van der Waals surface area contributed by atoms with E-state index in [2.05, 4.69) is 4.74 Å².